The van der Waals surface area contributed by atoms with Gasteiger partial charge in [-0.25, -0.2) is 9.89 Å². The molecule has 1 heterocycles. The molecule has 1 saturated carbocycles. The number of nitrogens with one attached hydrogen (secondary N) is 1. The van der Waals surface area contributed by atoms with E-state index in [9.17, 15) is 9.59 Å². The predicted octanol–water partition coefficient (Wildman–Crippen LogP) is 1.34. The molecular weight excluding hydrogens is 254 g/mol. The zero-order chi connectivity index (χ0) is 13.1. The van der Waals surface area contributed by atoms with Gasteiger partial charge in [-0.1, -0.05) is 18.7 Å². The molecule has 0 radical (unpaired) electrons. The first-order chi connectivity index (χ1) is 8.67. The van der Waals surface area contributed by atoms with Crippen LogP contribution >= 0.6 is 11.8 Å². The number of carbonyl (C=O) groups excluding carboxylic acids is 1. The van der Waals surface area contributed by atoms with Gasteiger partial charge in [0.2, 0.25) is 0 Å². The minimum atomic E-state index is -0.308. The second kappa shape index (κ2) is 5.60. The van der Waals surface area contributed by atoms with Crippen LogP contribution in [-0.4, -0.2) is 32.6 Å². The first-order valence-corrected chi connectivity index (χ1v) is 7.05. The molecule has 2 rings (SSSR count). The summed E-state index contributed by atoms with van der Waals surface area (Å²) in [7, 11) is 0. The molecule has 7 heteroatoms. The van der Waals surface area contributed by atoms with E-state index >= 15 is 0 Å². The van der Waals surface area contributed by atoms with Crippen molar-refractivity contribution < 1.29 is 9.53 Å². The SMILES string of the molecule is CCOC(=O)C(CC)Sc1n[nH]c(=O)n1C1CC1. The first kappa shape index (κ1) is 13.2. The molecule has 18 heavy (non-hydrogen) atoms. The van der Waals surface area contributed by atoms with E-state index in [0.717, 1.165) is 12.8 Å². The average Bonchev–Trinajstić information content (AvgIpc) is 3.11. The second-order valence-corrected chi connectivity index (χ2v) is 5.35. The fraction of sp³-hybridized carbons (Fsp3) is 0.727. The number of aromatic nitrogens is 3. The smallest absolute Gasteiger partial charge is 0.344 e. The molecule has 6 nitrogen and oxygen atoms in total. The maximum Gasteiger partial charge on any atom is 0.344 e. The molecule has 1 aliphatic rings. The van der Waals surface area contributed by atoms with Gasteiger partial charge in [0, 0.05) is 6.04 Å². The van der Waals surface area contributed by atoms with Crippen LogP contribution in [-0.2, 0) is 9.53 Å². The lowest BCUT2D eigenvalue weighted by Gasteiger charge is -2.12. The van der Waals surface area contributed by atoms with Gasteiger partial charge in [0.05, 0.1) is 6.61 Å². The Bertz CT molecular complexity index is 478. The number of esters is 1. The largest absolute Gasteiger partial charge is 0.465 e. The van der Waals surface area contributed by atoms with Gasteiger partial charge in [0.25, 0.3) is 0 Å². The summed E-state index contributed by atoms with van der Waals surface area (Å²) in [4.78, 5) is 23.3. The molecule has 1 fully saturated rings. The lowest BCUT2D eigenvalue weighted by atomic mass is 10.3. The van der Waals surface area contributed by atoms with Crippen LogP contribution in [0, 0.1) is 0 Å². The molecule has 1 aliphatic carbocycles. The summed E-state index contributed by atoms with van der Waals surface area (Å²) in [5, 5.41) is 6.71. The Morgan fingerprint density at radius 2 is 2.33 bits per heavy atom. The molecule has 0 spiro atoms. The van der Waals surface area contributed by atoms with Gasteiger partial charge in [-0.3, -0.25) is 9.36 Å². The highest BCUT2D eigenvalue weighted by atomic mass is 32.2. The van der Waals surface area contributed by atoms with E-state index in [0.29, 0.717) is 18.2 Å². The van der Waals surface area contributed by atoms with Gasteiger partial charge in [0.1, 0.15) is 5.25 Å². The zero-order valence-electron chi connectivity index (χ0n) is 10.5. The van der Waals surface area contributed by atoms with Gasteiger partial charge in [-0.05, 0) is 26.2 Å². The predicted molar refractivity (Wildman–Crippen MR) is 67.7 cm³/mol. The fourth-order valence-corrected chi connectivity index (χ4v) is 2.72. The van der Waals surface area contributed by atoms with Crippen LogP contribution in [0.1, 0.15) is 39.2 Å². The normalized spacial score (nSPS) is 16.6. The van der Waals surface area contributed by atoms with Crippen molar-refractivity contribution in [2.75, 3.05) is 6.61 Å². The maximum atomic E-state index is 11.7. The maximum absolute atomic E-state index is 11.7. The number of thioether (sulfide) groups is 1. The molecule has 1 aromatic rings. The quantitative estimate of drug-likeness (QED) is 0.624. The summed E-state index contributed by atoms with van der Waals surface area (Å²) >= 11 is 1.30. The van der Waals surface area contributed by atoms with E-state index in [-0.39, 0.29) is 23.0 Å². The van der Waals surface area contributed by atoms with Crippen LogP contribution in [0.2, 0.25) is 0 Å². The summed E-state index contributed by atoms with van der Waals surface area (Å²) < 4.78 is 6.65. The van der Waals surface area contributed by atoms with Crippen LogP contribution in [0.25, 0.3) is 0 Å². The molecule has 0 aromatic carbocycles. The number of hydrogen-bond donors (Lipinski definition) is 1. The molecule has 0 bridgehead atoms. The van der Waals surface area contributed by atoms with E-state index in [1.165, 1.54) is 11.8 Å². The highest BCUT2D eigenvalue weighted by Crippen LogP contribution is 2.37. The Labute approximate surface area is 109 Å². The highest BCUT2D eigenvalue weighted by Gasteiger charge is 2.30. The van der Waals surface area contributed by atoms with Crippen molar-refractivity contribution in [3.8, 4) is 0 Å². The Morgan fingerprint density at radius 1 is 1.61 bits per heavy atom. The number of carbonyl (C=O) groups is 1. The summed E-state index contributed by atoms with van der Waals surface area (Å²) in [6.07, 6.45) is 2.65. The summed E-state index contributed by atoms with van der Waals surface area (Å²) in [6, 6.07) is 0.249. The van der Waals surface area contributed by atoms with Crippen molar-refractivity contribution in [2.45, 2.75) is 49.6 Å². The van der Waals surface area contributed by atoms with E-state index < -0.39 is 0 Å². The van der Waals surface area contributed by atoms with Crippen LogP contribution in [0.15, 0.2) is 9.95 Å². The number of rotatable bonds is 6. The molecule has 0 aliphatic heterocycles. The molecule has 100 valence electrons. The van der Waals surface area contributed by atoms with Gasteiger partial charge in [-0.15, -0.1) is 5.10 Å². The number of hydrogen-bond acceptors (Lipinski definition) is 5. The average molecular weight is 271 g/mol. The number of ether oxygens (including phenoxy) is 1. The third-order valence-corrected chi connectivity index (χ3v) is 4.06. The summed E-state index contributed by atoms with van der Waals surface area (Å²) in [6.45, 7) is 4.07. The minimum absolute atomic E-state index is 0.196. The fourth-order valence-electron chi connectivity index (χ4n) is 1.69. The molecule has 0 amide bonds. The highest BCUT2D eigenvalue weighted by molar-refractivity contribution is 8.00. The molecule has 1 aromatic heterocycles. The van der Waals surface area contributed by atoms with E-state index in [4.69, 9.17) is 4.74 Å². The molecular formula is C11H17N3O3S. The van der Waals surface area contributed by atoms with Crippen molar-refractivity contribution in [1.29, 1.82) is 0 Å². The Kier molecular flexibility index (Phi) is 4.11. The third kappa shape index (κ3) is 2.77. The topological polar surface area (TPSA) is 77.0 Å². The van der Waals surface area contributed by atoms with Gasteiger partial charge >= 0.3 is 11.7 Å². The van der Waals surface area contributed by atoms with Gasteiger partial charge in [-0.2, -0.15) is 0 Å². The lowest BCUT2D eigenvalue weighted by Crippen LogP contribution is -2.21. The molecule has 0 saturated heterocycles. The van der Waals surface area contributed by atoms with Crippen molar-refractivity contribution in [3.05, 3.63) is 10.5 Å². The van der Waals surface area contributed by atoms with Gasteiger partial charge in [0.15, 0.2) is 5.16 Å². The van der Waals surface area contributed by atoms with E-state index in [1.807, 2.05) is 6.92 Å². The summed E-state index contributed by atoms with van der Waals surface area (Å²) in [5.74, 6) is -0.247. The Morgan fingerprint density at radius 3 is 2.89 bits per heavy atom. The van der Waals surface area contributed by atoms with Crippen molar-refractivity contribution >= 4 is 17.7 Å². The van der Waals surface area contributed by atoms with Crippen molar-refractivity contribution in [1.82, 2.24) is 14.8 Å². The first-order valence-electron chi connectivity index (χ1n) is 6.17. The minimum Gasteiger partial charge on any atom is -0.465 e. The van der Waals surface area contributed by atoms with Gasteiger partial charge < -0.3 is 4.74 Å². The molecule has 1 N–H and O–H groups in total. The van der Waals surface area contributed by atoms with E-state index in [1.54, 1.807) is 11.5 Å². The molecule has 1 atom stereocenters. The Balaban J connectivity index is 2.12. The van der Waals surface area contributed by atoms with Crippen molar-refractivity contribution in [3.63, 3.8) is 0 Å². The van der Waals surface area contributed by atoms with Crippen molar-refractivity contribution in [2.24, 2.45) is 0 Å². The summed E-state index contributed by atoms with van der Waals surface area (Å²) in [5.41, 5.74) is -0.196. The second-order valence-electron chi connectivity index (χ2n) is 4.18. The van der Waals surface area contributed by atoms with Crippen LogP contribution < -0.4 is 5.69 Å². The number of nitrogens with zero attached hydrogens (tertiary/aromatic N) is 2. The monoisotopic (exact) mass is 271 g/mol. The zero-order valence-corrected chi connectivity index (χ0v) is 11.3. The number of H-pyrrole nitrogens is 1. The van der Waals surface area contributed by atoms with Crippen LogP contribution in [0.5, 0.6) is 0 Å². The Hall–Kier alpha value is -1.24. The van der Waals surface area contributed by atoms with Crippen LogP contribution in [0.3, 0.4) is 0 Å². The van der Waals surface area contributed by atoms with Crippen LogP contribution in [0.4, 0.5) is 0 Å². The lowest BCUT2D eigenvalue weighted by molar-refractivity contribution is -0.142. The standard InChI is InChI=1S/C11H17N3O3S/c1-3-8(9(15)17-4-2)18-11-13-12-10(16)14(11)7-5-6-7/h7-8H,3-6H2,1-2H3,(H,12,16). The van der Waals surface area contributed by atoms with E-state index in [2.05, 4.69) is 10.2 Å². The molecule has 1 unspecified atom stereocenters. The number of aromatic amines is 1. The third-order valence-electron chi connectivity index (χ3n) is 2.75.